The van der Waals surface area contributed by atoms with E-state index in [9.17, 15) is 4.79 Å². The minimum absolute atomic E-state index is 0.0317. The van der Waals surface area contributed by atoms with Gasteiger partial charge in [-0.05, 0) is 24.3 Å². The van der Waals surface area contributed by atoms with Crippen LogP contribution in [0.1, 0.15) is 16.6 Å². The molecule has 0 aliphatic rings. The molecule has 0 spiro atoms. The van der Waals surface area contributed by atoms with Crippen molar-refractivity contribution < 1.29 is 22.5 Å². The van der Waals surface area contributed by atoms with Gasteiger partial charge in [0, 0.05) is 22.2 Å². The number of nitrogens with zero attached hydrogens (tertiary/aromatic N) is 7. The third kappa shape index (κ3) is 5.40. The highest BCUT2D eigenvalue weighted by atomic mass is 35.5. The number of nitrogens with one attached hydrogen (secondary N) is 2. The highest BCUT2D eigenvalue weighted by Crippen LogP contribution is 2.25. The van der Waals surface area contributed by atoms with Crippen molar-refractivity contribution in [2.75, 3.05) is 10.6 Å². The largest absolute Gasteiger partial charge is 0.423 e. The molecule has 2 aromatic carbocycles. The number of rotatable bonds is 5. The van der Waals surface area contributed by atoms with Crippen molar-refractivity contribution in [2.45, 2.75) is 0 Å². The van der Waals surface area contributed by atoms with Crippen LogP contribution >= 0.6 is 23.2 Å². The van der Waals surface area contributed by atoms with E-state index in [2.05, 4.69) is 41.0 Å². The smallest absolute Gasteiger partial charge is 0.324 e. The zero-order chi connectivity index (χ0) is 25.9. The van der Waals surface area contributed by atoms with Crippen LogP contribution in [0.2, 0.25) is 10.0 Å². The Morgan fingerprint density at radius 3 is 1.81 bits per heavy atom. The number of fused-ring (bicyclic) bond motifs is 2. The fraction of sp³-hybridized carbons (Fsp3) is 0. The average Bonchev–Trinajstić information content (AvgIpc) is 3.65. The first-order chi connectivity index (χ1) is 17.9. The average molecular weight is 541 g/mol. The molecule has 17 heteroatoms. The van der Waals surface area contributed by atoms with Crippen LogP contribution in [0.4, 0.5) is 24.1 Å². The van der Waals surface area contributed by atoms with Crippen molar-refractivity contribution in [3.63, 3.8) is 0 Å². The second kappa shape index (κ2) is 9.81. The molecule has 37 heavy (non-hydrogen) atoms. The van der Waals surface area contributed by atoms with E-state index in [4.69, 9.17) is 51.9 Å². The van der Waals surface area contributed by atoms with E-state index < -0.39 is 5.91 Å². The van der Waals surface area contributed by atoms with E-state index in [1.165, 1.54) is 0 Å². The predicted molar refractivity (Wildman–Crippen MR) is 126 cm³/mol. The first-order valence-corrected chi connectivity index (χ1v) is 10.6. The summed E-state index contributed by atoms with van der Waals surface area (Å²) in [5.74, 6) is -1.26. The summed E-state index contributed by atoms with van der Waals surface area (Å²) in [6.07, 6.45) is 0. The van der Waals surface area contributed by atoms with Crippen LogP contribution in [0.5, 0.6) is 0 Å². The first kappa shape index (κ1) is 23.5. The number of nitriles is 1. The van der Waals surface area contributed by atoms with Crippen LogP contribution in [-0.2, 0) is 0 Å². The molecule has 6 rings (SSSR count). The maximum absolute atomic E-state index is 10.8. The molecule has 0 aliphatic heterocycles. The van der Waals surface area contributed by atoms with Crippen molar-refractivity contribution >= 4 is 75.4 Å². The van der Waals surface area contributed by atoms with Crippen LogP contribution < -0.4 is 16.4 Å². The van der Waals surface area contributed by atoms with E-state index >= 15 is 0 Å². The molecule has 0 atom stereocenters. The molecule has 4 aromatic heterocycles. The quantitative estimate of drug-likeness (QED) is 0.279. The van der Waals surface area contributed by atoms with E-state index in [1.807, 2.05) is 0 Å². The summed E-state index contributed by atoms with van der Waals surface area (Å²) < 4.78 is 20.6. The molecule has 0 radical (unpaired) electrons. The lowest BCUT2D eigenvalue weighted by molar-refractivity contribution is 0.0968. The van der Waals surface area contributed by atoms with Crippen LogP contribution in [0.25, 0.3) is 22.2 Å². The maximum atomic E-state index is 10.8. The van der Waals surface area contributed by atoms with Gasteiger partial charge in [-0.15, -0.1) is 5.10 Å². The zero-order valence-corrected chi connectivity index (χ0v) is 19.5. The minimum atomic E-state index is -0.815. The molecule has 0 aliphatic carbocycles. The molecule has 6 aromatic rings. The number of nitrogens with two attached hydrogens (primary N) is 1. The lowest BCUT2D eigenvalue weighted by Crippen LogP contribution is -2.10. The molecule has 0 fully saturated rings. The van der Waals surface area contributed by atoms with Gasteiger partial charge in [0.15, 0.2) is 17.2 Å². The van der Waals surface area contributed by atoms with Crippen molar-refractivity contribution in [1.82, 2.24) is 30.4 Å². The third-order valence-corrected chi connectivity index (χ3v) is 4.76. The van der Waals surface area contributed by atoms with Gasteiger partial charge < -0.3 is 23.4 Å². The Morgan fingerprint density at radius 2 is 1.32 bits per heavy atom. The summed E-state index contributed by atoms with van der Waals surface area (Å²) in [5.41, 5.74) is 7.27. The number of hydrogen-bond acceptors (Lipinski definition) is 14. The Balaban J connectivity index is 0.000000152. The molecule has 0 unspecified atom stereocenters. The van der Waals surface area contributed by atoms with E-state index in [0.29, 0.717) is 32.2 Å². The summed E-state index contributed by atoms with van der Waals surface area (Å²) in [5, 5.41) is 29.0. The maximum Gasteiger partial charge on any atom is 0.324 e. The van der Waals surface area contributed by atoms with E-state index in [-0.39, 0.29) is 35.8 Å². The Bertz CT molecular complexity index is 1780. The van der Waals surface area contributed by atoms with Gasteiger partial charge in [-0.2, -0.15) is 15.2 Å². The Morgan fingerprint density at radius 1 is 0.784 bits per heavy atom. The molecule has 4 heterocycles. The number of halogens is 2. The number of aromatic nitrogens is 6. The fourth-order valence-corrected chi connectivity index (χ4v) is 3.10. The molecule has 4 N–H and O–H groups in total. The van der Waals surface area contributed by atoms with Crippen LogP contribution in [0.3, 0.4) is 0 Å². The van der Waals surface area contributed by atoms with Crippen LogP contribution in [0, 0.1) is 11.3 Å². The number of hydrogen-bond donors (Lipinski definition) is 3. The molecule has 0 saturated carbocycles. The van der Waals surface area contributed by atoms with Crippen molar-refractivity contribution in [2.24, 2.45) is 5.73 Å². The summed E-state index contributed by atoms with van der Waals surface area (Å²) in [7, 11) is 0. The van der Waals surface area contributed by atoms with Gasteiger partial charge in [0.1, 0.15) is 11.0 Å². The topological polar surface area (TPSA) is 221 Å². The van der Waals surface area contributed by atoms with Gasteiger partial charge in [0.25, 0.3) is 0 Å². The highest BCUT2D eigenvalue weighted by Gasteiger charge is 2.14. The van der Waals surface area contributed by atoms with Gasteiger partial charge in [0.05, 0.1) is 0 Å². The molecular weight excluding hydrogens is 531 g/mol. The second-order valence-electron chi connectivity index (χ2n) is 6.81. The second-order valence-corrected chi connectivity index (χ2v) is 7.69. The van der Waals surface area contributed by atoms with Gasteiger partial charge in [-0.3, -0.25) is 15.4 Å². The molecule has 15 nitrogen and oxygen atoms in total. The number of amides is 1. The summed E-state index contributed by atoms with van der Waals surface area (Å²) in [6, 6.07) is 12.1. The normalized spacial score (nSPS) is 10.6. The molecule has 0 bridgehead atoms. The number of carbonyl (C=O) groups is 1. The Labute approximate surface area is 214 Å². The van der Waals surface area contributed by atoms with Crippen LogP contribution in [0.15, 0.2) is 54.1 Å². The van der Waals surface area contributed by atoms with Gasteiger partial charge in [-0.25, -0.2) is 0 Å². The van der Waals surface area contributed by atoms with E-state index in [0.717, 1.165) is 0 Å². The van der Waals surface area contributed by atoms with Gasteiger partial charge in [0.2, 0.25) is 0 Å². The van der Waals surface area contributed by atoms with E-state index in [1.54, 1.807) is 42.5 Å². The monoisotopic (exact) mass is 540 g/mol. The van der Waals surface area contributed by atoms with Crippen molar-refractivity contribution in [3.8, 4) is 6.07 Å². The lowest BCUT2D eigenvalue weighted by atomic mass is 10.3. The SMILES string of the molecule is N#Cc1nnc(Nc2nc3ccc(Cl)cc3o2)o1.NC(=O)c1nnc(Nc2nc3ccc(Cl)cc3o2)o1. The molecular formula is C20H10Cl2N10O5. The fourth-order valence-electron chi connectivity index (χ4n) is 2.78. The van der Waals surface area contributed by atoms with Crippen molar-refractivity contribution in [1.29, 1.82) is 5.26 Å². The minimum Gasteiger partial charge on any atom is -0.423 e. The first-order valence-electron chi connectivity index (χ1n) is 9.89. The number of primary amides is 1. The summed E-state index contributed by atoms with van der Waals surface area (Å²) >= 11 is 11.7. The number of benzene rings is 2. The molecule has 1 amide bonds. The van der Waals surface area contributed by atoms with Crippen molar-refractivity contribution in [3.05, 3.63) is 58.2 Å². The lowest BCUT2D eigenvalue weighted by Gasteiger charge is -1.91. The zero-order valence-electron chi connectivity index (χ0n) is 18.0. The number of oxazole rings is 2. The Hall–Kier alpha value is -5.20. The highest BCUT2D eigenvalue weighted by molar-refractivity contribution is 6.31. The van der Waals surface area contributed by atoms with Gasteiger partial charge >= 0.3 is 41.7 Å². The standard InChI is InChI=1S/C10H6ClN5O3.C10H4ClN5O2/c11-4-1-2-5-6(3-4)18-9(13-5)14-10-16-15-8(19-10)7(12)17;11-5-1-2-6-7(3-5)17-9(13-6)14-10-16-15-8(4-12)18-10/h1-3H,(H2,12,17)(H,13,14,16);1-3H,(H,13,14,16). The molecule has 184 valence electrons. The number of carbonyl (C=O) groups excluding carboxylic acids is 1. The summed E-state index contributed by atoms with van der Waals surface area (Å²) in [4.78, 5) is 19.0. The Kier molecular flexibility index (Phi) is 6.24. The molecule has 0 saturated heterocycles. The number of anilines is 4. The van der Waals surface area contributed by atoms with Crippen LogP contribution in [-0.4, -0.2) is 36.3 Å². The van der Waals surface area contributed by atoms with Gasteiger partial charge in [-0.1, -0.05) is 38.5 Å². The summed E-state index contributed by atoms with van der Waals surface area (Å²) in [6.45, 7) is 0. The predicted octanol–water partition coefficient (Wildman–Crippen LogP) is 4.19. The third-order valence-electron chi connectivity index (χ3n) is 4.29.